The molecule has 1 heterocycles. The number of nitrogens with two attached hydrogens (primary N) is 1. The summed E-state index contributed by atoms with van der Waals surface area (Å²) in [5.74, 6) is -1.53. The van der Waals surface area contributed by atoms with Crippen LogP contribution in [0.2, 0.25) is 0 Å². The molecule has 0 radical (unpaired) electrons. The van der Waals surface area contributed by atoms with E-state index in [1.165, 1.54) is 12.3 Å². The van der Waals surface area contributed by atoms with Crippen LogP contribution in [0.5, 0.6) is 0 Å². The topological polar surface area (TPSA) is 76.2 Å². The molecule has 0 aliphatic carbocycles. The van der Waals surface area contributed by atoms with E-state index >= 15 is 0 Å². The Labute approximate surface area is 116 Å². The highest BCUT2D eigenvalue weighted by molar-refractivity contribution is 5.82. The number of carboxylic acid groups (broad SMARTS) is 1. The predicted molar refractivity (Wildman–Crippen MR) is 72.7 cm³/mol. The average Bonchev–Trinajstić information content (AvgIpc) is 2.45. The third-order valence-corrected chi connectivity index (χ3v) is 3.35. The fourth-order valence-electron chi connectivity index (χ4n) is 2.24. The molecule has 2 aromatic rings. The molecule has 2 rings (SSSR count). The van der Waals surface area contributed by atoms with Crippen LogP contribution in [-0.2, 0) is 16.6 Å². The number of hydrogen-bond donors (Lipinski definition) is 2. The molecular weight excluding hydrogens is 259 g/mol. The largest absolute Gasteiger partial charge is 0.481 e. The minimum Gasteiger partial charge on any atom is -0.481 e. The first kappa shape index (κ1) is 14.1. The van der Waals surface area contributed by atoms with Gasteiger partial charge < -0.3 is 10.8 Å². The molecule has 20 heavy (non-hydrogen) atoms. The maximum Gasteiger partial charge on any atom is 0.315 e. The molecule has 0 aliphatic heterocycles. The van der Waals surface area contributed by atoms with Crippen molar-refractivity contribution in [2.75, 3.05) is 6.54 Å². The normalized spacial score (nSPS) is 13.7. The molecule has 0 fully saturated rings. The van der Waals surface area contributed by atoms with E-state index in [0.717, 1.165) is 6.20 Å². The summed E-state index contributed by atoms with van der Waals surface area (Å²) < 4.78 is 13.2. The third-order valence-electron chi connectivity index (χ3n) is 3.35. The molecule has 0 saturated heterocycles. The average molecular weight is 274 g/mol. The standard InChI is InChI=1S/C15H15FN2O2/c16-13-6-11(8-18-9-13)7-15(10-17,14(19)20)12-4-2-1-3-5-12/h1-6,8-9H,7,10,17H2,(H,19,20). The Morgan fingerprint density at radius 3 is 2.55 bits per heavy atom. The smallest absolute Gasteiger partial charge is 0.315 e. The van der Waals surface area contributed by atoms with Gasteiger partial charge in [0, 0.05) is 12.7 Å². The van der Waals surface area contributed by atoms with Crippen LogP contribution in [0.1, 0.15) is 11.1 Å². The van der Waals surface area contributed by atoms with Gasteiger partial charge in [-0.2, -0.15) is 0 Å². The summed E-state index contributed by atoms with van der Waals surface area (Å²) >= 11 is 0. The molecule has 104 valence electrons. The van der Waals surface area contributed by atoms with Crippen molar-refractivity contribution in [1.29, 1.82) is 0 Å². The van der Waals surface area contributed by atoms with Gasteiger partial charge in [0.05, 0.1) is 6.20 Å². The number of carboxylic acids is 1. The number of aliphatic carboxylic acids is 1. The van der Waals surface area contributed by atoms with Gasteiger partial charge in [-0.25, -0.2) is 4.39 Å². The second-order valence-electron chi connectivity index (χ2n) is 4.65. The molecule has 0 spiro atoms. The summed E-state index contributed by atoms with van der Waals surface area (Å²) in [6, 6.07) is 10.0. The Morgan fingerprint density at radius 2 is 2.00 bits per heavy atom. The Hall–Kier alpha value is -2.27. The zero-order valence-electron chi connectivity index (χ0n) is 10.8. The van der Waals surface area contributed by atoms with Crippen molar-refractivity contribution in [1.82, 2.24) is 4.98 Å². The predicted octanol–water partition coefficient (Wildman–Crippen LogP) is 1.74. The summed E-state index contributed by atoms with van der Waals surface area (Å²) in [6.07, 6.45) is 2.63. The van der Waals surface area contributed by atoms with Crippen LogP contribution in [-0.4, -0.2) is 22.6 Å². The monoisotopic (exact) mass is 274 g/mol. The van der Waals surface area contributed by atoms with Crippen molar-refractivity contribution in [3.63, 3.8) is 0 Å². The number of carbonyl (C=O) groups is 1. The number of halogens is 1. The maximum atomic E-state index is 13.2. The Bertz CT molecular complexity index is 604. The molecule has 5 heteroatoms. The van der Waals surface area contributed by atoms with Crippen LogP contribution in [0.15, 0.2) is 48.8 Å². The summed E-state index contributed by atoms with van der Waals surface area (Å²) in [6.45, 7) is -0.0805. The molecule has 0 aliphatic rings. The Kier molecular flexibility index (Phi) is 4.10. The number of aromatic nitrogens is 1. The number of hydrogen-bond acceptors (Lipinski definition) is 3. The van der Waals surface area contributed by atoms with Crippen molar-refractivity contribution in [2.24, 2.45) is 5.73 Å². The summed E-state index contributed by atoms with van der Waals surface area (Å²) in [5.41, 5.74) is 5.55. The van der Waals surface area contributed by atoms with E-state index in [4.69, 9.17) is 5.73 Å². The lowest BCUT2D eigenvalue weighted by Gasteiger charge is -2.28. The van der Waals surface area contributed by atoms with Crippen molar-refractivity contribution in [2.45, 2.75) is 11.8 Å². The number of rotatable bonds is 5. The molecule has 1 atom stereocenters. The summed E-state index contributed by atoms with van der Waals surface area (Å²) in [5, 5.41) is 9.61. The highest BCUT2D eigenvalue weighted by Gasteiger charge is 2.39. The third kappa shape index (κ3) is 2.67. The van der Waals surface area contributed by atoms with Crippen LogP contribution in [0.3, 0.4) is 0 Å². The molecule has 1 unspecified atom stereocenters. The first-order chi connectivity index (χ1) is 9.58. The minimum absolute atomic E-state index is 0.0805. The van der Waals surface area contributed by atoms with Gasteiger partial charge >= 0.3 is 5.97 Å². The van der Waals surface area contributed by atoms with Gasteiger partial charge in [-0.05, 0) is 23.6 Å². The van der Waals surface area contributed by atoms with E-state index in [-0.39, 0.29) is 13.0 Å². The van der Waals surface area contributed by atoms with Crippen molar-refractivity contribution >= 4 is 5.97 Å². The van der Waals surface area contributed by atoms with E-state index in [1.807, 2.05) is 0 Å². The van der Waals surface area contributed by atoms with Gasteiger partial charge in [-0.15, -0.1) is 0 Å². The van der Waals surface area contributed by atoms with Gasteiger partial charge in [0.1, 0.15) is 11.2 Å². The Balaban J connectivity index is 2.45. The molecule has 4 nitrogen and oxygen atoms in total. The van der Waals surface area contributed by atoms with E-state index in [9.17, 15) is 14.3 Å². The zero-order chi connectivity index (χ0) is 14.6. The molecule has 0 bridgehead atoms. The van der Waals surface area contributed by atoms with Gasteiger partial charge in [0.25, 0.3) is 0 Å². The van der Waals surface area contributed by atoms with Crippen LogP contribution in [0.25, 0.3) is 0 Å². The van der Waals surface area contributed by atoms with E-state index in [2.05, 4.69) is 4.98 Å². The fraction of sp³-hybridized carbons (Fsp3) is 0.200. The second-order valence-corrected chi connectivity index (χ2v) is 4.65. The number of nitrogens with zero attached hydrogens (tertiary/aromatic N) is 1. The molecule has 3 N–H and O–H groups in total. The lowest BCUT2D eigenvalue weighted by atomic mass is 9.76. The molecular formula is C15H15FN2O2. The van der Waals surface area contributed by atoms with E-state index < -0.39 is 17.2 Å². The first-order valence-corrected chi connectivity index (χ1v) is 6.17. The highest BCUT2D eigenvalue weighted by Crippen LogP contribution is 2.28. The quantitative estimate of drug-likeness (QED) is 0.870. The van der Waals surface area contributed by atoms with Gasteiger partial charge in [0.2, 0.25) is 0 Å². The van der Waals surface area contributed by atoms with Crippen LogP contribution in [0.4, 0.5) is 4.39 Å². The van der Waals surface area contributed by atoms with E-state index in [1.54, 1.807) is 30.3 Å². The van der Waals surface area contributed by atoms with Crippen molar-refractivity contribution in [3.05, 3.63) is 65.7 Å². The second kappa shape index (κ2) is 5.79. The Morgan fingerprint density at radius 1 is 1.30 bits per heavy atom. The highest BCUT2D eigenvalue weighted by atomic mass is 19.1. The van der Waals surface area contributed by atoms with Crippen LogP contribution < -0.4 is 5.73 Å². The summed E-state index contributed by atoms with van der Waals surface area (Å²) in [7, 11) is 0. The maximum absolute atomic E-state index is 13.2. The van der Waals surface area contributed by atoms with Gasteiger partial charge in [-0.1, -0.05) is 30.3 Å². The molecule has 1 aromatic heterocycles. The van der Waals surface area contributed by atoms with Crippen molar-refractivity contribution in [3.8, 4) is 0 Å². The number of benzene rings is 1. The number of pyridine rings is 1. The van der Waals surface area contributed by atoms with Gasteiger partial charge in [-0.3, -0.25) is 9.78 Å². The van der Waals surface area contributed by atoms with Crippen molar-refractivity contribution < 1.29 is 14.3 Å². The SMILES string of the molecule is NCC(Cc1cncc(F)c1)(C(=O)O)c1ccccc1. The minimum atomic E-state index is -1.28. The molecule has 0 saturated carbocycles. The van der Waals surface area contributed by atoms with Gasteiger partial charge in [0.15, 0.2) is 0 Å². The zero-order valence-corrected chi connectivity index (χ0v) is 10.8. The first-order valence-electron chi connectivity index (χ1n) is 6.17. The molecule has 0 amide bonds. The lowest BCUT2D eigenvalue weighted by Crippen LogP contribution is -2.45. The van der Waals surface area contributed by atoms with Crippen LogP contribution >= 0.6 is 0 Å². The van der Waals surface area contributed by atoms with E-state index in [0.29, 0.717) is 11.1 Å². The molecule has 1 aromatic carbocycles. The van der Waals surface area contributed by atoms with Crippen LogP contribution in [0, 0.1) is 5.82 Å². The fourth-order valence-corrected chi connectivity index (χ4v) is 2.24. The lowest BCUT2D eigenvalue weighted by molar-refractivity contribution is -0.143. The summed E-state index contributed by atoms with van der Waals surface area (Å²) in [4.78, 5) is 15.5.